The van der Waals surface area contributed by atoms with Crippen LogP contribution in [0, 0.1) is 5.82 Å². The lowest BCUT2D eigenvalue weighted by Gasteiger charge is -2.37. The summed E-state index contributed by atoms with van der Waals surface area (Å²) in [5.41, 5.74) is 7.27. The highest BCUT2D eigenvalue weighted by molar-refractivity contribution is 5.98. The number of fused-ring (bicyclic) bond motifs is 5. The first kappa shape index (κ1) is 22.3. The van der Waals surface area contributed by atoms with Crippen LogP contribution in [0.25, 0.3) is 11.0 Å². The summed E-state index contributed by atoms with van der Waals surface area (Å²) in [5.74, 6) is -1.15. The van der Waals surface area contributed by atoms with Crippen molar-refractivity contribution < 1.29 is 31.8 Å². The van der Waals surface area contributed by atoms with Gasteiger partial charge in [0.05, 0.1) is 47.6 Å². The van der Waals surface area contributed by atoms with Crippen LogP contribution in [0.1, 0.15) is 70.2 Å². The Hall–Kier alpha value is -3.18. The largest absolute Gasteiger partial charge is 0.416 e. The van der Waals surface area contributed by atoms with E-state index in [0.29, 0.717) is 42.4 Å². The zero-order valence-electron chi connectivity index (χ0n) is 18.9. The van der Waals surface area contributed by atoms with Gasteiger partial charge in [-0.15, -0.1) is 0 Å². The van der Waals surface area contributed by atoms with Crippen LogP contribution in [0.4, 0.5) is 23.4 Å². The second-order valence-electron chi connectivity index (χ2n) is 9.44. The molecule has 184 valence electrons. The predicted octanol–water partition coefficient (Wildman–Crippen LogP) is 4.73. The number of rotatable bonds is 2. The highest BCUT2D eigenvalue weighted by Gasteiger charge is 2.53. The van der Waals surface area contributed by atoms with Crippen LogP contribution in [0.5, 0.6) is 0 Å². The van der Waals surface area contributed by atoms with E-state index in [-0.39, 0.29) is 29.5 Å². The van der Waals surface area contributed by atoms with Crippen molar-refractivity contribution in [3.63, 3.8) is 0 Å². The third-order valence-corrected chi connectivity index (χ3v) is 7.35. The lowest BCUT2D eigenvalue weighted by atomic mass is 9.89. The molecule has 1 saturated carbocycles. The Bertz CT molecular complexity index is 1400. The summed E-state index contributed by atoms with van der Waals surface area (Å²) in [6.45, 7) is 2.16. The van der Waals surface area contributed by atoms with Gasteiger partial charge in [-0.1, -0.05) is 0 Å². The van der Waals surface area contributed by atoms with E-state index < -0.39 is 35.1 Å². The van der Waals surface area contributed by atoms with Gasteiger partial charge in [-0.3, -0.25) is 4.79 Å². The molecule has 0 saturated heterocycles. The minimum Gasteiger partial charge on any atom is -0.383 e. The monoisotopic (exact) mass is 490 g/mol. The zero-order valence-corrected chi connectivity index (χ0v) is 18.9. The van der Waals surface area contributed by atoms with Gasteiger partial charge in [-0.05, 0) is 43.5 Å². The Morgan fingerprint density at radius 1 is 1.26 bits per heavy atom. The maximum atomic E-state index is 15.2. The van der Waals surface area contributed by atoms with Gasteiger partial charge >= 0.3 is 6.18 Å². The summed E-state index contributed by atoms with van der Waals surface area (Å²) in [5, 5.41) is 0. The SMILES string of the molecule is C[C@H]1OCc2c1c(N)nc1cc(C(=O)N(C)[C@@H]3COC4(CC4)c4cc(C(F)(F)F)cc(F)c43)[nH]c21. The van der Waals surface area contributed by atoms with Crippen LogP contribution in [0.15, 0.2) is 18.2 Å². The van der Waals surface area contributed by atoms with Gasteiger partial charge in [-0.25, -0.2) is 9.37 Å². The standard InChI is InChI=1S/C24H22F4N4O3/c1-10-18-12(8-34-10)20-15(31-21(18)29)7-16(30-20)22(33)32(2)17-9-35-23(3-4-23)13-5-11(24(26,27)28)6-14(25)19(13)17/h5-7,10,17,30H,3-4,8-9H2,1-2H3,(H2,29,31)/t10-,17-/m1/s1. The van der Waals surface area contributed by atoms with Crippen LogP contribution in [0.2, 0.25) is 0 Å². The highest BCUT2D eigenvalue weighted by Crippen LogP contribution is 2.56. The van der Waals surface area contributed by atoms with E-state index in [0.717, 1.165) is 17.2 Å². The molecule has 2 atom stereocenters. The number of nitrogens with two attached hydrogens (primary N) is 1. The summed E-state index contributed by atoms with van der Waals surface area (Å²) in [4.78, 5) is 22.2. The van der Waals surface area contributed by atoms with Crippen LogP contribution in [-0.2, 0) is 27.9 Å². The fraction of sp³-hybridized carbons (Fsp3) is 0.417. The van der Waals surface area contributed by atoms with Gasteiger partial charge in [0.1, 0.15) is 17.3 Å². The fourth-order valence-electron chi connectivity index (χ4n) is 5.31. The van der Waals surface area contributed by atoms with E-state index in [1.165, 1.54) is 11.9 Å². The number of anilines is 1. The van der Waals surface area contributed by atoms with Gasteiger partial charge in [-0.2, -0.15) is 13.2 Å². The lowest BCUT2D eigenvalue weighted by molar-refractivity contribution is -0.138. The molecule has 1 aromatic carbocycles. The average Bonchev–Trinajstić information content (AvgIpc) is 3.26. The molecule has 2 aliphatic heterocycles. The van der Waals surface area contributed by atoms with Crippen molar-refractivity contribution in [3.05, 3.63) is 57.5 Å². The van der Waals surface area contributed by atoms with Gasteiger partial charge < -0.3 is 25.1 Å². The molecule has 1 amide bonds. The molecule has 11 heteroatoms. The molecule has 35 heavy (non-hydrogen) atoms. The maximum Gasteiger partial charge on any atom is 0.416 e. The number of H-pyrrole nitrogens is 1. The second-order valence-corrected chi connectivity index (χ2v) is 9.44. The lowest BCUT2D eigenvalue weighted by Crippen LogP contribution is -2.40. The summed E-state index contributed by atoms with van der Waals surface area (Å²) < 4.78 is 66.8. The second kappa shape index (κ2) is 7.17. The zero-order chi connectivity index (χ0) is 24.9. The normalized spacial score (nSPS) is 22.3. The minimum absolute atomic E-state index is 0.0241. The topological polar surface area (TPSA) is 93.5 Å². The maximum absolute atomic E-state index is 15.2. The molecule has 1 fully saturated rings. The summed E-state index contributed by atoms with van der Waals surface area (Å²) in [7, 11) is 1.48. The van der Waals surface area contributed by atoms with Crippen molar-refractivity contribution >= 4 is 22.8 Å². The van der Waals surface area contributed by atoms with Gasteiger partial charge in [0.25, 0.3) is 5.91 Å². The molecular formula is C24H22F4N4O3. The number of hydrogen-bond donors (Lipinski definition) is 2. The highest BCUT2D eigenvalue weighted by atomic mass is 19.4. The van der Waals surface area contributed by atoms with Crippen molar-refractivity contribution in [1.29, 1.82) is 0 Å². The molecule has 0 radical (unpaired) electrons. The Morgan fingerprint density at radius 3 is 2.69 bits per heavy atom. The molecule has 0 bridgehead atoms. The van der Waals surface area contributed by atoms with Crippen LogP contribution in [0.3, 0.4) is 0 Å². The number of benzene rings is 1. The number of carbonyl (C=O) groups excluding carboxylic acids is 1. The fourth-order valence-corrected chi connectivity index (χ4v) is 5.31. The number of likely N-dealkylation sites (N-methyl/N-ethyl adjacent to an activating group) is 1. The molecule has 0 unspecified atom stereocenters. The number of nitrogens with one attached hydrogen (secondary N) is 1. The molecule has 3 N–H and O–H groups in total. The molecule has 1 aliphatic carbocycles. The number of halogens is 4. The molecule has 4 heterocycles. The number of nitrogen functional groups attached to an aromatic ring is 1. The van der Waals surface area contributed by atoms with E-state index >= 15 is 4.39 Å². The Labute approximate surface area is 197 Å². The molecule has 3 aromatic rings. The number of pyridine rings is 1. The molecule has 2 aromatic heterocycles. The molecule has 3 aliphatic rings. The van der Waals surface area contributed by atoms with Crippen molar-refractivity contribution in [2.24, 2.45) is 0 Å². The van der Waals surface area contributed by atoms with Gasteiger partial charge in [0.2, 0.25) is 0 Å². The van der Waals surface area contributed by atoms with E-state index in [1.54, 1.807) is 6.07 Å². The predicted molar refractivity (Wildman–Crippen MR) is 117 cm³/mol. The Balaban J connectivity index is 1.39. The van der Waals surface area contributed by atoms with Crippen molar-refractivity contribution in [2.45, 2.75) is 50.3 Å². The van der Waals surface area contributed by atoms with Crippen LogP contribution < -0.4 is 5.73 Å². The number of aromatic amines is 1. The molecule has 6 rings (SSSR count). The Morgan fingerprint density at radius 2 is 2.00 bits per heavy atom. The first-order chi connectivity index (χ1) is 16.5. The number of amides is 1. The number of nitrogens with zero attached hydrogens (tertiary/aromatic N) is 2. The van der Waals surface area contributed by atoms with E-state index in [4.69, 9.17) is 15.2 Å². The summed E-state index contributed by atoms with van der Waals surface area (Å²) >= 11 is 0. The summed E-state index contributed by atoms with van der Waals surface area (Å²) in [6.07, 6.45) is -3.90. The number of aromatic nitrogens is 2. The number of carbonyl (C=O) groups is 1. The smallest absolute Gasteiger partial charge is 0.383 e. The number of ether oxygens (including phenoxy) is 2. The number of hydrogen-bond acceptors (Lipinski definition) is 5. The van der Waals surface area contributed by atoms with Crippen molar-refractivity contribution in [3.8, 4) is 0 Å². The van der Waals surface area contributed by atoms with E-state index in [2.05, 4.69) is 9.97 Å². The van der Waals surface area contributed by atoms with Crippen LogP contribution in [-0.4, -0.2) is 34.4 Å². The average molecular weight is 490 g/mol. The van der Waals surface area contributed by atoms with Crippen molar-refractivity contribution in [2.75, 3.05) is 19.4 Å². The molecular weight excluding hydrogens is 468 g/mol. The third-order valence-electron chi connectivity index (χ3n) is 7.35. The molecule has 7 nitrogen and oxygen atoms in total. The summed E-state index contributed by atoms with van der Waals surface area (Å²) in [6, 6.07) is 2.11. The first-order valence-corrected chi connectivity index (χ1v) is 11.2. The quantitative estimate of drug-likeness (QED) is 0.507. The van der Waals surface area contributed by atoms with Gasteiger partial charge in [0.15, 0.2) is 0 Å². The van der Waals surface area contributed by atoms with Crippen molar-refractivity contribution in [1.82, 2.24) is 14.9 Å². The Kier molecular flexibility index (Phi) is 4.57. The third kappa shape index (κ3) is 3.24. The molecule has 1 spiro atoms. The minimum atomic E-state index is -4.69. The first-order valence-electron chi connectivity index (χ1n) is 11.2. The van der Waals surface area contributed by atoms with Crippen LogP contribution >= 0.6 is 0 Å². The van der Waals surface area contributed by atoms with E-state index in [9.17, 15) is 18.0 Å². The van der Waals surface area contributed by atoms with E-state index in [1.807, 2.05) is 6.92 Å². The number of alkyl halides is 3. The van der Waals surface area contributed by atoms with Gasteiger partial charge in [0, 0.05) is 23.7 Å².